The molecule has 17 heavy (non-hydrogen) atoms. The third-order valence-electron chi connectivity index (χ3n) is 1.70. The zero-order chi connectivity index (χ0) is 12.7. The molecule has 0 saturated heterocycles. The third-order valence-corrected chi connectivity index (χ3v) is 2.64. The highest BCUT2D eigenvalue weighted by Gasteiger charge is 2.27. The van der Waals surface area contributed by atoms with Crippen molar-refractivity contribution in [2.45, 2.75) is 17.9 Å². The topological polar surface area (TPSA) is 63.8 Å². The van der Waals surface area contributed by atoms with Crippen LogP contribution in [0.25, 0.3) is 0 Å². The zero-order valence-corrected chi connectivity index (χ0v) is 9.81. The monoisotopic (exact) mass is 266 g/mol. The molecule has 0 radical (unpaired) electrons. The summed E-state index contributed by atoms with van der Waals surface area (Å²) in [7, 11) is 0. The maximum absolute atomic E-state index is 11.9. The molecule has 0 aliphatic rings. The number of nitrogens with two attached hydrogens (primary N) is 1. The Morgan fingerprint density at radius 2 is 1.94 bits per heavy atom. The molecule has 0 unspecified atom stereocenters. The number of nitrogens with one attached hydrogen (secondary N) is 1. The van der Waals surface area contributed by atoms with Gasteiger partial charge in [0, 0.05) is 37.6 Å². The SMILES string of the molecule is NCCNCc1cnc(SCC(F)(F)F)nc1. The van der Waals surface area contributed by atoms with Crippen LogP contribution < -0.4 is 11.1 Å². The van der Waals surface area contributed by atoms with Crippen LogP contribution >= 0.6 is 11.8 Å². The Morgan fingerprint density at radius 1 is 1.29 bits per heavy atom. The van der Waals surface area contributed by atoms with Crippen LogP contribution in [0.1, 0.15) is 5.56 Å². The second-order valence-corrected chi connectivity index (χ2v) is 4.19. The molecule has 1 aromatic rings. The Balaban J connectivity index is 2.39. The second-order valence-electron chi connectivity index (χ2n) is 3.24. The van der Waals surface area contributed by atoms with Gasteiger partial charge in [0.2, 0.25) is 0 Å². The summed E-state index contributed by atoms with van der Waals surface area (Å²) < 4.78 is 35.8. The fourth-order valence-electron chi connectivity index (χ4n) is 0.990. The molecule has 96 valence electrons. The van der Waals surface area contributed by atoms with E-state index in [4.69, 9.17) is 5.73 Å². The summed E-state index contributed by atoms with van der Waals surface area (Å²) in [5, 5.41) is 3.16. The summed E-state index contributed by atoms with van der Waals surface area (Å²) >= 11 is 0.577. The molecule has 1 aromatic heterocycles. The van der Waals surface area contributed by atoms with Gasteiger partial charge in [-0.15, -0.1) is 0 Å². The van der Waals surface area contributed by atoms with Gasteiger partial charge in [-0.3, -0.25) is 0 Å². The quantitative estimate of drug-likeness (QED) is 0.460. The fraction of sp³-hybridized carbons (Fsp3) is 0.556. The standard InChI is InChI=1S/C9H13F3N4S/c10-9(11,12)6-17-8-15-4-7(5-16-8)3-14-2-1-13/h4-5,14H,1-3,6,13H2. The lowest BCUT2D eigenvalue weighted by Crippen LogP contribution is -2.22. The number of thioether (sulfide) groups is 1. The van der Waals surface area contributed by atoms with Crippen molar-refractivity contribution in [3.05, 3.63) is 18.0 Å². The first kappa shape index (κ1) is 14.2. The van der Waals surface area contributed by atoms with Crippen LogP contribution in [0.3, 0.4) is 0 Å². The molecule has 0 aromatic carbocycles. The van der Waals surface area contributed by atoms with Crippen LogP contribution in [0.5, 0.6) is 0 Å². The summed E-state index contributed by atoms with van der Waals surface area (Å²) in [4.78, 5) is 7.68. The molecule has 0 spiro atoms. The average molecular weight is 266 g/mol. The normalized spacial score (nSPS) is 11.8. The van der Waals surface area contributed by atoms with Crippen molar-refractivity contribution in [3.63, 3.8) is 0 Å². The van der Waals surface area contributed by atoms with Gasteiger partial charge in [-0.1, -0.05) is 11.8 Å². The number of hydrogen-bond acceptors (Lipinski definition) is 5. The van der Waals surface area contributed by atoms with E-state index in [0.29, 0.717) is 31.4 Å². The maximum atomic E-state index is 11.9. The van der Waals surface area contributed by atoms with E-state index < -0.39 is 11.9 Å². The smallest absolute Gasteiger partial charge is 0.329 e. The van der Waals surface area contributed by atoms with E-state index in [1.807, 2.05) is 0 Å². The molecule has 0 amide bonds. The van der Waals surface area contributed by atoms with Gasteiger partial charge in [0.05, 0.1) is 5.75 Å². The van der Waals surface area contributed by atoms with E-state index >= 15 is 0 Å². The lowest BCUT2D eigenvalue weighted by atomic mass is 10.3. The molecular weight excluding hydrogens is 253 g/mol. The number of nitrogens with zero attached hydrogens (tertiary/aromatic N) is 2. The minimum Gasteiger partial charge on any atom is -0.329 e. The Labute approximate surface area is 101 Å². The molecule has 1 heterocycles. The van der Waals surface area contributed by atoms with Crippen LogP contribution in [0.2, 0.25) is 0 Å². The largest absolute Gasteiger partial charge is 0.398 e. The van der Waals surface area contributed by atoms with E-state index in [1.54, 1.807) is 0 Å². The zero-order valence-electron chi connectivity index (χ0n) is 9.00. The maximum Gasteiger partial charge on any atom is 0.398 e. The molecular formula is C9H13F3N4S. The van der Waals surface area contributed by atoms with Gasteiger partial charge in [0.15, 0.2) is 5.16 Å². The van der Waals surface area contributed by atoms with Crippen molar-refractivity contribution in [2.75, 3.05) is 18.8 Å². The molecule has 4 nitrogen and oxygen atoms in total. The first-order valence-corrected chi connectivity index (χ1v) is 5.91. The average Bonchev–Trinajstić information content (AvgIpc) is 2.27. The van der Waals surface area contributed by atoms with Crippen molar-refractivity contribution < 1.29 is 13.2 Å². The predicted octanol–water partition coefficient (Wildman–Crippen LogP) is 1.18. The van der Waals surface area contributed by atoms with Crippen LogP contribution in [-0.4, -0.2) is 35.0 Å². The predicted molar refractivity (Wildman–Crippen MR) is 59.6 cm³/mol. The van der Waals surface area contributed by atoms with Gasteiger partial charge in [-0.25, -0.2) is 9.97 Å². The number of hydrogen-bond donors (Lipinski definition) is 2. The minimum atomic E-state index is -4.20. The second kappa shape index (κ2) is 6.77. The Hall–Kier alpha value is -0.860. The Kier molecular flexibility index (Phi) is 5.66. The summed E-state index contributed by atoms with van der Waals surface area (Å²) in [5.74, 6) is -0.974. The first-order valence-electron chi connectivity index (χ1n) is 4.92. The number of rotatable bonds is 6. The van der Waals surface area contributed by atoms with Gasteiger partial charge in [-0.2, -0.15) is 13.2 Å². The van der Waals surface area contributed by atoms with Crippen molar-refractivity contribution >= 4 is 11.8 Å². The van der Waals surface area contributed by atoms with Crippen LogP contribution in [0.4, 0.5) is 13.2 Å². The molecule has 0 aliphatic heterocycles. The summed E-state index contributed by atoms with van der Waals surface area (Å²) in [6, 6.07) is 0. The van der Waals surface area contributed by atoms with E-state index in [2.05, 4.69) is 15.3 Å². The van der Waals surface area contributed by atoms with Gasteiger partial charge < -0.3 is 11.1 Å². The van der Waals surface area contributed by atoms with Crippen LogP contribution in [0.15, 0.2) is 17.6 Å². The highest BCUT2D eigenvalue weighted by molar-refractivity contribution is 7.99. The highest BCUT2D eigenvalue weighted by atomic mass is 32.2. The lowest BCUT2D eigenvalue weighted by molar-refractivity contribution is -0.105. The van der Waals surface area contributed by atoms with E-state index in [1.165, 1.54) is 12.4 Å². The molecule has 1 rings (SSSR count). The van der Waals surface area contributed by atoms with Crippen molar-refractivity contribution in [3.8, 4) is 0 Å². The van der Waals surface area contributed by atoms with Crippen LogP contribution in [0, 0.1) is 0 Å². The summed E-state index contributed by atoms with van der Waals surface area (Å²) in [6.07, 6.45) is -1.18. The third kappa shape index (κ3) is 6.44. The molecule has 8 heteroatoms. The van der Waals surface area contributed by atoms with Gasteiger partial charge in [0.25, 0.3) is 0 Å². The molecule has 0 aliphatic carbocycles. The number of halogens is 3. The van der Waals surface area contributed by atoms with Gasteiger partial charge in [-0.05, 0) is 0 Å². The Bertz CT molecular complexity index is 328. The van der Waals surface area contributed by atoms with Gasteiger partial charge >= 0.3 is 6.18 Å². The van der Waals surface area contributed by atoms with Crippen LogP contribution in [-0.2, 0) is 6.54 Å². The van der Waals surface area contributed by atoms with Crippen molar-refractivity contribution in [2.24, 2.45) is 5.73 Å². The van der Waals surface area contributed by atoms with Crippen molar-refractivity contribution in [1.29, 1.82) is 0 Å². The molecule has 0 saturated carbocycles. The van der Waals surface area contributed by atoms with Gasteiger partial charge in [0.1, 0.15) is 0 Å². The van der Waals surface area contributed by atoms with E-state index in [9.17, 15) is 13.2 Å². The number of aromatic nitrogens is 2. The summed E-state index contributed by atoms with van der Waals surface area (Å²) in [5.41, 5.74) is 6.11. The first-order chi connectivity index (χ1) is 8.01. The minimum absolute atomic E-state index is 0.130. The molecule has 0 fully saturated rings. The molecule has 0 atom stereocenters. The molecule has 3 N–H and O–H groups in total. The fourth-order valence-corrected chi connectivity index (χ4v) is 1.54. The lowest BCUT2D eigenvalue weighted by Gasteiger charge is -2.05. The van der Waals surface area contributed by atoms with Crippen molar-refractivity contribution in [1.82, 2.24) is 15.3 Å². The highest BCUT2D eigenvalue weighted by Crippen LogP contribution is 2.24. The van der Waals surface area contributed by atoms with E-state index in [-0.39, 0.29) is 5.16 Å². The summed E-state index contributed by atoms with van der Waals surface area (Å²) in [6.45, 7) is 1.76. The Morgan fingerprint density at radius 3 is 2.47 bits per heavy atom. The number of alkyl halides is 3. The van der Waals surface area contributed by atoms with E-state index in [0.717, 1.165) is 5.56 Å². The molecule has 0 bridgehead atoms.